The van der Waals surface area contributed by atoms with E-state index < -0.39 is 10.0 Å². The molecule has 1 aromatic heterocycles. The Kier molecular flexibility index (Phi) is 7.04. The number of benzene rings is 1. The zero-order chi connectivity index (χ0) is 18.3. The maximum Gasteiger partial charge on any atom is 0.221 e. The van der Waals surface area contributed by atoms with Gasteiger partial charge in [0.05, 0.1) is 19.1 Å². The molecule has 0 aliphatic heterocycles. The van der Waals surface area contributed by atoms with Crippen LogP contribution in [0.25, 0.3) is 0 Å². The van der Waals surface area contributed by atoms with Gasteiger partial charge in [-0.15, -0.1) is 0 Å². The van der Waals surface area contributed by atoms with Crippen molar-refractivity contribution < 1.29 is 17.6 Å². The molecule has 0 radical (unpaired) electrons. The quantitative estimate of drug-likeness (QED) is 0.720. The van der Waals surface area contributed by atoms with E-state index in [0.717, 1.165) is 11.8 Å². The first-order chi connectivity index (χ1) is 11.8. The molecule has 0 unspecified atom stereocenters. The third-order valence-corrected chi connectivity index (χ3v) is 5.17. The Morgan fingerprint density at radius 1 is 1.24 bits per heavy atom. The SMILES string of the molecule is CS(=O)(=O)N(CCC(=O)NCc1ccco1)CCc1cccc(Cl)c1. The molecule has 0 fully saturated rings. The van der Waals surface area contributed by atoms with Gasteiger partial charge in [0, 0.05) is 24.5 Å². The van der Waals surface area contributed by atoms with Crippen molar-refractivity contribution in [1.29, 1.82) is 0 Å². The topological polar surface area (TPSA) is 79.6 Å². The molecular formula is C17H21ClN2O4S. The van der Waals surface area contributed by atoms with Gasteiger partial charge in [0.1, 0.15) is 5.76 Å². The molecule has 0 aliphatic rings. The summed E-state index contributed by atoms with van der Waals surface area (Å²) < 4.78 is 30.3. The molecule has 6 nitrogen and oxygen atoms in total. The van der Waals surface area contributed by atoms with Crippen LogP contribution in [0.5, 0.6) is 0 Å². The van der Waals surface area contributed by atoms with Gasteiger partial charge >= 0.3 is 0 Å². The summed E-state index contributed by atoms with van der Waals surface area (Å²) in [5.74, 6) is 0.419. The average Bonchev–Trinajstić information content (AvgIpc) is 3.05. The Balaban J connectivity index is 1.84. The van der Waals surface area contributed by atoms with E-state index >= 15 is 0 Å². The van der Waals surface area contributed by atoms with Crippen LogP contribution in [0.2, 0.25) is 5.02 Å². The molecule has 0 saturated carbocycles. The lowest BCUT2D eigenvalue weighted by molar-refractivity contribution is -0.121. The van der Waals surface area contributed by atoms with Gasteiger partial charge in [-0.25, -0.2) is 12.7 Å². The first-order valence-corrected chi connectivity index (χ1v) is 10.1. The third-order valence-electron chi connectivity index (χ3n) is 3.64. The van der Waals surface area contributed by atoms with Gasteiger partial charge in [0.25, 0.3) is 0 Å². The van der Waals surface area contributed by atoms with Crippen LogP contribution in [0.3, 0.4) is 0 Å². The summed E-state index contributed by atoms with van der Waals surface area (Å²) >= 11 is 5.94. The van der Waals surface area contributed by atoms with Crippen LogP contribution in [0, 0.1) is 0 Å². The van der Waals surface area contributed by atoms with Crippen molar-refractivity contribution in [1.82, 2.24) is 9.62 Å². The molecule has 0 saturated heterocycles. The second kappa shape index (κ2) is 9.03. The predicted molar refractivity (Wildman–Crippen MR) is 96.7 cm³/mol. The van der Waals surface area contributed by atoms with Crippen molar-refractivity contribution in [2.75, 3.05) is 19.3 Å². The summed E-state index contributed by atoms with van der Waals surface area (Å²) in [6.07, 6.45) is 3.29. The van der Waals surface area contributed by atoms with Crippen LogP contribution < -0.4 is 5.32 Å². The highest BCUT2D eigenvalue weighted by Gasteiger charge is 2.17. The van der Waals surface area contributed by atoms with Gasteiger partial charge < -0.3 is 9.73 Å². The number of hydrogen-bond donors (Lipinski definition) is 1. The van der Waals surface area contributed by atoms with Crippen molar-refractivity contribution in [3.05, 3.63) is 59.0 Å². The lowest BCUT2D eigenvalue weighted by Gasteiger charge is -2.19. The molecule has 25 heavy (non-hydrogen) atoms. The van der Waals surface area contributed by atoms with E-state index in [4.69, 9.17) is 16.0 Å². The van der Waals surface area contributed by atoms with E-state index in [1.807, 2.05) is 12.1 Å². The normalized spacial score (nSPS) is 11.6. The number of furan rings is 1. The minimum atomic E-state index is -3.40. The molecule has 1 aromatic carbocycles. The van der Waals surface area contributed by atoms with Crippen molar-refractivity contribution >= 4 is 27.5 Å². The predicted octanol–water partition coefficient (Wildman–Crippen LogP) is 2.44. The first-order valence-electron chi connectivity index (χ1n) is 7.83. The summed E-state index contributed by atoms with van der Waals surface area (Å²) in [5, 5.41) is 3.31. The highest BCUT2D eigenvalue weighted by Crippen LogP contribution is 2.12. The van der Waals surface area contributed by atoms with Crippen molar-refractivity contribution in [2.45, 2.75) is 19.4 Å². The van der Waals surface area contributed by atoms with E-state index in [9.17, 15) is 13.2 Å². The molecule has 0 spiro atoms. The van der Waals surface area contributed by atoms with E-state index in [1.165, 1.54) is 10.6 Å². The van der Waals surface area contributed by atoms with Gasteiger partial charge in [-0.2, -0.15) is 0 Å². The summed E-state index contributed by atoms with van der Waals surface area (Å²) in [6.45, 7) is 0.710. The van der Waals surface area contributed by atoms with E-state index in [-0.39, 0.29) is 25.4 Å². The fraction of sp³-hybridized carbons (Fsp3) is 0.353. The van der Waals surface area contributed by atoms with Gasteiger partial charge in [0.2, 0.25) is 15.9 Å². The Morgan fingerprint density at radius 2 is 2.04 bits per heavy atom. The van der Waals surface area contributed by atoms with Crippen LogP contribution >= 0.6 is 11.6 Å². The summed E-state index contributed by atoms with van der Waals surface area (Å²) in [7, 11) is -3.40. The number of carbonyl (C=O) groups is 1. The molecule has 0 aliphatic carbocycles. The van der Waals surface area contributed by atoms with Crippen LogP contribution in [-0.2, 0) is 27.8 Å². The maximum atomic E-state index is 11.9. The second-order valence-electron chi connectivity index (χ2n) is 5.65. The lowest BCUT2D eigenvalue weighted by Crippen LogP contribution is -2.35. The molecule has 2 rings (SSSR count). The molecule has 136 valence electrons. The number of amides is 1. The number of sulfonamides is 1. The van der Waals surface area contributed by atoms with E-state index in [2.05, 4.69) is 5.32 Å². The fourth-order valence-corrected chi connectivity index (χ4v) is 3.36. The molecular weight excluding hydrogens is 364 g/mol. The van der Waals surface area contributed by atoms with Crippen molar-refractivity contribution in [3.63, 3.8) is 0 Å². The zero-order valence-electron chi connectivity index (χ0n) is 13.9. The highest BCUT2D eigenvalue weighted by molar-refractivity contribution is 7.88. The molecule has 0 bridgehead atoms. The monoisotopic (exact) mass is 384 g/mol. The number of nitrogens with one attached hydrogen (secondary N) is 1. The molecule has 1 N–H and O–H groups in total. The van der Waals surface area contributed by atoms with Gasteiger partial charge in [-0.3, -0.25) is 4.79 Å². The van der Waals surface area contributed by atoms with E-state index in [0.29, 0.717) is 23.7 Å². The lowest BCUT2D eigenvalue weighted by atomic mass is 10.1. The third kappa shape index (κ3) is 6.89. The number of halogens is 1. The average molecular weight is 385 g/mol. The standard InChI is InChI=1S/C17H21ClN2O4S/c1-25(22,23)20(9-7-14-4-2-5-15(18)12-14)10-8-17(21)19-13-16-6-3-11-24-16/h2-6,11-12H,7-10,13H2,1H3,(H,19,21). The van der Waals surface area contributed by atoms with Gasteiger partial charge in [-0.1, -0.05) is 23.7 Å². The van der Waals surface area contributed by atoms with Crippen molar-refractivity contribution in [2.24, 2.45) is 0 Å². The van der Waals surface area contributed by atoms with Crippen LogP contribution in [0.15, 0.2) is 47.1 Å². The number of hydrogen-bond acceptors (Lipinski definition) is 4. The van der Waals surface area contributed by atoms with E-state index in [1.54, 1.807) is 24.3 Å². The fourth-order valence-electron chi connectivity index (χ4n) is 2.30. The first kappa shape index (κ1) is 19.5. The smallest absolute Gasteiger partial charge is 0.221 e. The number of rotatable bonds is 9. The van der Waals surface area contributed by atoms with Crippen LogP contribution in [0.4, 0.5) is 0 Å². The number of nitrogens with zero attached hydrogens (tertiary/aromatic N) is 1. The zero-order valence-corrected chi connectivity index (χ0v) is 15.5. The molecule has 8 heteroatoms. The van der Waals surface area contributed by atoms with Crippen molar-refractivity contribution in [3.8, 4) is 0 Å². The summed E-state index contributed by atoms with van der Waals surface area (Å²) in [6, 6.07) is 10.8. The maximum absolute atomic E-state index is 11.9. The Hall–Kier alpha value is -1.83. The Labute approximate surface area is 152 Å². The molecule has 2 aromatic rings. The highest BCUT2D eigenvalue weighted by atomic mass is 35.5. The summed E-state index contributed by atoms with van der Waals surface area (Å²) in [4.78, 5) is 11.9. The van der Waals surface area contributed by atoms with Gasteiger partial charge in [0.15, 0.2) is 0 Å². The van der Waals surface area contributed by atoms with Crippen LogP contribution in [-0.4, -0.2) is 38.0 Å². The number of carbonyl (C=O) groups excluding carboxylic acids is 1. The van der Waals surface area contributed by atoms with Gasteiger partial charge in [-0.05, 0) is 36.2 Å². The largest absolute Gasteiger partial charge is 0.467 e. The molecule has 1 amide bonds. The molecule has 1 heterocycles. The van der Waals surface area contributed by atoms with Crippen LogP contribution in [0.1, 0.15) is 17.7 Å². The second-order valence-corrected chi connectivity index (χ2v) is 8.07. The summed E-state index contributed by atoms with van der Waals surface area (Å²) in [5.41, 5.74) is 0.948. The minimum absolute atomic E-state index is 0.0866. The Morgan fingerprint density at radius 3 is 2.68 bits per heavy atom. The molecule has 0 atom stereocenters. The Bertz CT molecular complexity index is 791. The minimum Gasteiger partial charge on any atom is -0.467 e.